The van der Waals surface area contributed by atoms with Gasteiger partial charge in [0.2, 0.25) is 0 Å². The van der Waals surface area contributed by atoms with Crippen LogP contribution in [0.4, 0.5) is 0 Å². The fourth-order valence-electron chi connectivity index (χ4n) is 0.402. The minimum Gasteiger partial charge on any atom is -0.481 e. The number of nitrogens with two attached hydrogens (primary N) is 1. The highest BCUT2D eigenvalue weighted by Crippen LogP contribution is 1.98. The van der Waals surface area contributed by atoms with E-state index in [9.17, 15) is 9.59 Å². The summed E-state index contributed by atoms with van der Waals surface area (Å²) in [5.74, 6) is -2.20. The van der Waals surface area contributed by atoms with Gasteiger partial charge >= 0.3 is 20.2 Å². The Balaban J connectivity index is 0. The lowest BCUT2D eigenvalue weighted by molar-refractivity contribution is -0.139. The molecule has 0 aromatic rings. The molecule has 0 amide bonds. The quantitative estimate of drug-likeness (QED) is 0.379. The first-order valence-corrected chi connectivity index (χ1v) is 4.49. The SMILES string of the molecule is N[C@@H](CCC(=O)O)C(=O)O.O=[P+](O)O. The van der Waals surface area contributed by atoms with E-state index in [-0.39, 0.29) is 12.8 Å². The average Bonchev–Trinajstić information content (AvgIpc) is 1.98. The number of carboxylic acids is 2. The van der Waals surface area contributed by atoms with Crippen molar-refractivity contribution in [1.29, 1.82) is 0 Å². The zero-order valence-corrected chi connectivity index (χ0v) is 7.92. The highest BCUT2D eigenvalue weighted by molar-refractivity contribution is 7.30. The van der Waals surface area contributed by atoms with Gasteiger partial charge in [0, 0.05) is 11.0 Å². The number of carboxylic acid groups (broad SMARTS) is 2. The molecule has 14 heavy (non-hydrogen) atoms. The molecule has 0 saturated heterocycles. The molecule has 0 aromatic heterocycles. The first kappa shape index (κ1) is 15.4. The molecule has 6 N–H and O–H groups in total. The number of aliphatic carboxylic acids is 2. The topological polar surface area (TPSA) is 158 Å². The molecular formula is C5H11NO7P+. The zero-order valence-electron chi connectivity index (χ0n) is 7.03. The minimum absolute atomic E-state index is 0.0231. The second-order valence-corrected chi connectivity index (χ2v) is 2.64. The summed E-state index contributed by atoms with van der Waals surface area (Å²) in [4.78, 5) is 34.1. The molecule has 0 rings (SSSR count). The molecule has 0 aromatic carbocycles. The van der Waals surface area contributed by atoms with E-state index >= 15 is 0 Å². The van der Waals surface area contributed by atoms with Gasteiger partial charge in [-0.25, -0.2) is 0 Å². The van der Waals surface area contributed by atoms with Crippen molar-refractivity contribution in [2.45, 2.75) is 18.9 Å². The Hall–Kier alpha value is -1.08. The molecule has 82 valence electrons. The Morgan fingerprint density at radius 1 is 1.29 bits per heavy atom. The highest BCUT2D eigenvalue weighted by atomic mass is 31.1. The van der Waals surface area contributed by atoms with Crippen molar-refractivity contribution in [3.8, 4) is 0 Å². The molecule has 0 heterocycles. The molecule has 0 radical (unpaired) electrons. The third-order valence-corrected chi connectivity index (χ3v) is 0.986. The van der Waals surface area contributed by atoms with Gasteiger partial charge in [-0.1, -0.05) is 0 Å². The van der Waals surface area contributed by atoms with E-state index in [1.54, 1.807) is 0 Å². The third-order valence-electron chi connectivity index (χ3n) is 0.986. The third kappa shape index (κ3) is 17.1. The van der Waals surface area contributed by atoms with E-state index in [0.29, 0.717) is 0 Å². The number of hydrogen-bond acceptors (Lipinski definition) is 4. The van der Waals surface area contributed by atoms with E-state index in [2.05, 4.69) is 0 Å². The highest BCUT2D eigenvalue weighted by Gasteiger charge is 2.12. The van der Waals surface area contributed by atoms with E-state index in [0.717, 1.165) is 0 Å². The first-order chi connectivity index (χ1) is 6.27. The second-order valence-electron chi connectivity index (χ2n) is 2.13. The first-order valence-electron chi connectivity index (χ1n) is 3.32. The smallest absolute Gasteiger partial charge is 0.481 e. The van der Waals surface area contributed by atoms with E-state index < -0.39 is 26.2 Å². The number of rotatable bonds is 4. The van der Waals surface area contributed by atoms with Crippen molar-refractivity contribution in [2.75, 3.05) is 0 Å². The lowest BCUT2D eigenvalue weighted by Crippen LogP contribution is -2.30. The maximum Gasteiger partial charge on any atom is 0.692 e. The van der Waals surface area contributed by atoms with Crippen LogP contribution in [0.3, 0.4) is 0 Å². The molecule has 0 aliphatic heterocycles. The Morgan fingerprint density at radius 2 is 1.64 bits per heavy atom. The van der Waals surface area contributed by atoms with Crippen LogP contribution in [0.1, 0.15) is 12.8 Å². The second kappa shape index (κ2) is 8.52. The molecule has 0 unspecified atom stereocenters. The van der Waals surface area contributed by atoms with Crippen molar-refractivity contribution in [2.24, 2.45) is 5.73 Å². The van der Waals surface area contributed by atoms with Gasteiger partial charge in [-0.2, -0.15) is 0 Å². The average molecular weight is 228 g/mol. The molecule has 0 spiro atoms. The summed E-state index contributed by atoms with van der Waals surface area (Å²) in [6, 6.07) is -1.06. The summed E-state index contributed by atoms with van der Waals surface area (Å²) >= 11 is 0. The van der Waals surface area contributed by atoms with Gasteiger partial charge < -0.3 is 15.9 Å². The summed E-state index contributed by atoms with van der Waals surface area (Å²) in [5, 5.41) is 16.3. The van der Waals surface area contributed by atoms with Crippen LogP contribution in [-0.2, 0) is 14.2 Å². The minimum atomic E-state index is -2.87. The van der Waals surface area contributed by atoms with E-state index in [1.165, 1.54) is 0 Å². The molecule has 8 nitrogen and oxygen atoms in total. The summed E-state index contributed by atoms with van der Waals surface area (Å²) in [6.07, 6.45) is -0.224. The Bertz CT molecular complexity index is 214. The maximum atomic E-state index is 9.99. The molecule has 0 aliphatic rings. The summed E-state index contributed by atoms with van der Waals surface area (Å²) < 4.78 is 8.70. The van der Waals surface area contributed by atoms with Crippen LogP contribution in [-0.4, -0.2) is 38.0 Å². The largest absolute Gasteiger partial charge is 0.692 e. The van der Waals surface area contributed by atoms with Gasteiger partial charge in [0.05, 0.1) is 0 Å². The van der Waals surface area contributed by atoms with E-state index in [1.807, 2.05) is 0 Å². The monoisotopic (exact) mass is 228 g/mol. The predicted molar refractivity (Wildman–Crippen MR) is 44.5 cm³/mol. The van der Waals surface area contributed by atoms with Crippen LogP contribution in [0, 0.1) is 0 Å². The standard InChI is InChI=1S/C5H9NO4.HO3P/c6-3(5(9)10)1-2-4(7)8;1-4(2)3/h3H,1-2,6H2,(H,7,8)(H,9,10);(H-,1,2,3)/p+1/t3-;/m0./s1. The van der Waals surface area contributed by atoms with Crippen molar-refractivity contribution in [1.82, 2.24) is 0 Å². The lowest BCUT2D eigenvalue weighted by atomic mass is 10.2. The molecule has 9 heteroatoms. The zero-order chi connectivity index (χ0) is 11.7. The summed E-state index contributed by atoms with van der Waals surface area (Å²) in [7, 11) is -2.87. The fraction of sp³-hybridized carbons (Fsp3) is 0.600. The fourth-order valence-corrected chi connectivity index (χ4v) is 0.402. The van der Waals surface area contributed by atoms with Crippen LogP contribution in [0.5, 0.6) is 0 Å². The van der Waals surface area contributed by atoms with Gasteiger partial charge in [-0.05, 0) is 6.42 Å². The van der Waals surface area contributed by atoms with Crippen LogP contribution in [0.2, 0.25) is 0 Å². The van der Waals surface area contributed by atoms with Gasteiger partial charge in [-0.3, -0.25) is 9.59 Å². The predicted octanol–water partition coefficient (Wildman–Crippen LogP) is -1.11. The van der Waals surface area contributed by atoms with Crippen LogP contribution in [0.15, 0.2) is 0 Å². The Kier molecular flexibility index (Phi) is 9.36. The molecule has 1 atom stereocenters. The summed E-state index contributed by atoms with van der Waals surface area (Å²) in [6.45, 7) is 0. The maximum absolute atomic E-state index is 9.99. The molecular weight excluding hydrogens is 217 g/mol. The summed E-state index contributed by atoms with van der Waals surface area (Å²) in [5.41, 5.74) is 5.00. The van der Waals surface area contributed by atoms with Gasteiger partial charge in [0.15, 0.2) is 0 Å². The lowest BCUT2D eigenvalue weighted by Gasteiger charge is -2.01. The number of carbonyl (C=O) groups is 2. The van der Waals surface area contributed by atoms with Gasteiger partial charge in [0.25, 0.3) is 0 Å². The van der Waals surface area contributed by atoms with Crippen LogP contribution < -0.4 is 5.73 Å². The normalized spacial score (nSPS) is 10.8. The van der Waals surface area contributed by atoms with Gasteiger partial charge in [-0.15, -0.1) is 9.79 Å². The van der Waals surface area contributed by atoms with Crippen LogP contribution in [0.25, 0.3) is 0 Å². The Morgan fingerprint density at radius 3 is 1.86 bits per heavy atom. The van der Waals surface area contributed by atoms with Crippen molar-refractivity contribution < 1.29 is 34.2 Å². The number of hydrogen-bond donors (Lipinski definition) is 5. The molecule has 0 bridgehead atoms. The van der Waals surface area contributed by atoms with Crippen molar-refractivity contribution >= 4 is 20.2 Å². The van der Waals surface area contributed by atoms with Crippen molar-refractivity contribution in [3.05, 3.63) is 0 Å². The molecule has 0 aliphatic carbocycles. The van der Waals surface area contributed by atoms with Crippen LogP contribution >= 0.6 is 8.25 Å². The van der Waals surface area contributed by atoms with Gasteiger partial charge in [0.1, 0.15) is 6.04 Å². The molecule has 0 fully saturated rings. The van der Waals surface area contributed by atoms with E-state index in [4.69, 9.17) is 30.3 Å². The van der Waals surface area contributed by atoms with Crippen molar-refractivity contribution in [3.63, 3.8) is 0 Å². The Labute approximate surface area is 79.9 Å². The molecule has 0 saturated carbocycles.